The summed E-state index contributed by atoms with van der Waals surface area (Å²) >= 11 is 1.81. The molecule has 7 heteroatoms. The average Bonchev–Trinajstić information content (AvgIpc) is 3.00. The second kappa shape index (κ2) is 13.7. The van der Waals surface area contributed by atoms with Crippen LogP contribution in [0.2, 0.25) is 0 Å². The normalized spacial score (nSPS) is 17.5. The molecular weight excluding hydrogens is 457 g/mol. The van der Waals surface area contributed by atoms with Gasteiger partial charge in [-0.15, -0.1) is 35.3 Å². The van der Waals surface area contributed by atoms with Crippen molar-refractivity contribution in [3.63, 3.8) is 0 Å². The summed E-state index contributed by atoms with van der Waals surface area (Å²) in [5.41, 5.74) is 0. The molecule has 0 spiro atoms. The highest BCUT2D eigenvalue weighted by atomic mass is 127. The lowest BCUT2D eigenvalue weighted by molar-refractivity contribution is 0.281. The van der Waals surface area contributed by atoms with Gasteiger partial charge in [0.25, 0.3) is 0 Å². The zero-order valence-electron chi connectivity index (χ0n) is 16.5. The van der Waals surface area contributed by atoms with E-state index in [2.05, 4.69) is 57.0 Å². The third-order valence-corrected chi connectivity index (χ3v) is 5.80. The maximum absolute atomic E-state index is 4.37. The van der Waals surface area contributed by atoms with E-state index < -0.39 is 0 Å². The molecule has 0 aromatic carbocycles. The van der Waals surface area contributed by atoms with E-state index >= 15 is 0 Å². The summed E-state index contributed by atoms with van der Waals surface area (Å²) in [5, 5.41) is 9.08. The van der Waals surface area contributed by atoms with Crippen LogP contribution < -0.4 is 10.6 Å². The van der Waals surface area contributed by atoms with E-state index in [0.29, 0.717) is 6.04 Å². The van der Waals surface area contributed by atoms with Crippen molar-refractivity contribution in [2.45, 2.75) is 38.1 Å². The third kappa shape index (κ3) is 8.54. The highest BCUT2D eigenvalue weighted by Crippen LogP contribution is 2.22. The summed E-state index contributed by atoms with van der Waals surface area (Å²) in [4.78, 5) is 10.6. The van der Waals surface area contributed by atoms with E-state index in [1.54, 1.807) is 0 Å². The minimum Gasteiger partial charge on any atom is -0.356 e. The number of likely N-dealkylation sites (N-methyl/N-ethyl adjacent to an activating group) is 1. The maximum Gasteiger partial charge on any atom is 0.191 e. The van der Waals surface area contributed by atoms with Crippen molar-refractivity contribution in [1.82, 2.24) is 20.4 Å². The Labute approximate surface area is 180 Å². The summed E-state index contributed by atoms with van der Waals surface area (Å²) in [6.45, 7) is 5.58. The lowest BCUT2D eigenvalue weighted by Crippen LogP contribution is -2.42. The molecule has 2 N–H and O–H groups in total. The highest BCUT2D eigenvalue weighted by Gasteiger charge is 2.15. The van der Waals surface area contributed by atoms with Crippen molar-refractivity contribution in [1.29, 1.82) is 0 Å². The van der Waals surface area contributed by atoms with Gasteiger partial charge in [-0.1, -0.05) is 18.9 Å². The van der Waals surface area contributed by atoms with Gasteiger partial charge in [-0.2, -0.15) is 0 Å². The molecule has 1 saturated heterocycles. The van der Waals surface area contributed by atoms with E-state index in [1.165, 1.54) is 56.6 Å². The first-order chi connectivity index (χ1) is 12.2. The third-order valence-electron chi connectivity index (χ3n) is 4.82. The van der Waals surface area contributed by atoms with Crippen LogP contribution in [0.1, 0.15) is 43.0 Å². The number of hydrogen-bond acceptors (Lipinski definition) is 4. The number of nitrogens with zero attached hydrogens (tertiary/aromatic N) is 3. The van der Waals surface area contributed by atoms with Crippen LogP contribution in [-0.2, 0) is 0 Å². The van der Waals surface area contributed by atoms with Crippen molar-refractivity contribution in [3.05, 3.63) is 22.4 Å². The molecule has 150 valence electrons. The predicted molar refractivity (Wildman–Crippen MR) is 125 cm³/mol. The van der Waals surface area contributed by atoms with Crippen molar-refractivity contribution in [2.24, 2.45) is 4.99 Å². The number of halogens is 1. The van der Waals surface area contributed by atoms with Gasteiger partial charge in [-0.3, -0.25) is 4.99 Å². The molecule has 0 bridgehead atoms. The second-order valence-electron chi connectivity index (χ2n) is 6.98. The minimum atomic E-state index is 0. The van der Waals surface area contributed by atoms with Crippen LogP contribution in [-0.4, -0.2) is 69.6 Å². The Bertz CT molecular complexity index is 484. The topological polar surface area (TPSA) is 42.9 Å². The molecule has 0 aliphatic carbocycles. The number of guanidine groups is 1. The number of thiophene rings is 1. The molecule has 1 unspecified atom stereocenters. The number of hydrogen-bond donors (Lipinski definition) is 2. The van der Waals surface area contributed by atoms with Crippen molar-refractivity contribution < 1.29 is 0 Å². The van der Waals surface area contributed by atoms with Gasteiger partial charge in [0.1, 0.15) is 0 Å². The molecule has 0 saturated carbocycles. The molecule has 2 rings (SSSR count). The fraction of sp³-hybridized carbons (Fsp3) is 0.737. The van der Waals surface area contributed by atoms with Gasteiger partial charge in [0, 0.05) is 25.0 Å². The van der Waals surface area contributed by atoms with Gasteiger partial charge in [0.15, 0.2) is 5.96 Å². The molecule has 0 amide bonds. The first kappa shape index (κ1) is 23.7. The molecule has 1 aliphatic heterocycles. The van der Waals surface area contributed by atoms with Crippen molar-refractivity contribution in [3.8, 4) is 0 Å². The number of likely N-dealkylation sites (tertiary alicyclic amines) is 1. The monoisotopic (exact) mass is 493 g/mol. The van der Waals surface area contributed by atoms with Gasteiger partial charge in [-0.05, 0) is 64.4 Å². The molecule has 1 atom stereocenters. The molecule has 26 heavy (non-hydrogen) atoms. The van der Waals surface area contributed by atoms with Crippen LogP contribution in [0.5, 0.6) is 0 Å². The number of rotatable bonds is 8. The lowest BCUT2D eigenvalue weighted by atomic mass is 10.2. The van der Waals surface area contributed by atoms with Gasteiger partial charge < -0.3 is 20.4 Å². The van der Waals surface area contributed by atoms with Gasteiger partial charge >= 0.3 is 0 Å². The molecule has 0 radical (unpaired) electrons. The van der Waals surface area contributed by atoms with Crippen LogP contribution in [0.15, 0.2) is 22.5 Å². The van der Waals surface area contributed by atoms with Crippen LogP contribution in [0.25, 0.3) is 0 Å². The zero-order chi connectivity index (χ0) is 17.9. The SMILES string of the molecule is CN=C(NCCCN1CCCCCC1)NCC(c1cccs1)N(C)C.I. The largest absolute Gasteiger partial charge is 0.356 e. The van der Waals surface area contributed by atoms with Crippen LogP contribution >= 0.6 is 35.3 Å². The van der Waals surface area contributed by atoms with E-state index in [9.17, 15) is 0 Å². The smallest absolute Gasteiger partial charge is 0.191 e. The molecule has 2 heterocycles. The molecular formula is C19H36IN5S. The van der Waals surface area contributed by atoms with Gasteiger partial charge in [0.05, 0.1) is 6.04 Å². The van der Waals surface area contributed by atoms with E-state index in [4.69, 9.17) is 0 Å². The second-order valence-corrected chi connectivity index (χ2v) is 7.96. The van der Waals surface area contributed by atoms with E-state index in [0.717, 1.165) is 19.0 Å². The van der Waals surface area contributed by atoms with Crippen LogP contribution in [0.3, 0.4) is 0 Å². The first-order valence-corrected chi connectivity index (χ1v) is 10.5. The summed E-state index contributed by atoms with van der Waals surface area (Å²) in [6.07, 6.45) is 6.71. The quantitative estimate of drug-likeness (QED) is 0.252. The molecule has 1 aliphatic rings. The minimum absolute atomic E-state index is 0. The Balaban J connectivity index is 0.00000338. The number of nitrogens with one attached hydrogen (secondary N) is 2. The summed E-state index contributed by atoms with van der Waals surface area (Å²) < 4.78 is 0. The van der Waals surface area contributed by atoms with Gasteiger partial charge in [0.2, 0.25) is 0 Å². The summed E-state index contributed by atoms with van der Waals surface area (Å²) in [7, 11) is 6.10. The van der Waals surface area contributed by atoms with Crippen LogP contribution in [0, 0.1) is 0 Å². The fourth-order valence-corrected chi connectivity index (χ4v) is 4.22. The van der Waals surface area contributed by atoms with Gasteiger partial charge in [-0.25, -0.2) is 0 Å². The maximum atomic E-state index is 4.37. The number of aliphatic imine (C=N–C) groups is 1. The molecule has 1 aromatic heterocycles. The van der Waals surface area contributed by atoms with E-state index in [1.807, 2.05) is 18.4 Å². The Morgan fingerprint density at radius 3 is 2.54 bits per heavy atom. The Hall–Kier alpha value is -0.380. The first-order valence-electron chi connectivity index (χ1n) is 9.57. The molecule has 1 aromatic rings. The molecule has 1 fully saturated rings. The molecule has 5 nitrogen and oxygen atoms in total. The average molecular weight is 494 g/mol. The van der Waals surface area contributed by atoms with E-state index in [-0.39, 0.29) is 24.0 Å². The summed E-state index contributed by atoms with van der Waals surface area (Å²) in [5.74, 6) is 0.902. The van der Waals surface area contributed by atoms with Crippen LogP contribution in [0.4, 0.5) is 0 Å². The Morgan fingerprint density at radius 1 is 1.23 bits per heavy atom. The lowest BCUT2D eigenvalue weighted by Gasteiger charge is -2.25. The summed E-state index contributed by atoms with van der Waals surface area (Å²) in [6, 6.07) is 4.69. The Morgan fingerprint density at radius 2 is 1.96 bits per heavy atom. The Kier molecular flexibility index (Phi) is 12.5. The predicted octanol–water partition coefficient (Wildman–Crippen LogP) is 3.40. The highest BCUT2D eigenvalue weighted by molar-refractivity contribution is 14.0. The standard InChI is InChI=1S/C19H35N5S.HI/c1-20-19(21-11-9-14-24-12-6-4-5-7-13-24)22-16-17(23(2)3)18-10-8-15-25-18;/h8,10,15,17H,4-7,9,11-14,16H2,1-3H3,(H2,20,21,22);1H. The van der Waals surface area contributed by atoms with Crippen molar-refractivity contribution in [2.75, 3.05) is 53.9 Å². The zero-order valence-corrected chi connectivity index (χ0v) is 19.7. The van der Waals surface area contributed by atoms with Crippen molar-refractivity contribution >= 4 is 41.3 Å². The fourth-order valence-electron chi connectivity index (χ4n) is 3.30.